The van der Waals surface area contributed by atoms with Crippen molar-refractivity contribution in [2.75, 3.05) is 27.2 Å². The largest absolute Gasteiger partial charge is 0.490 e. The molecule has 2 amide bonds. The van der Waals surface area contributed by atoms with E-state index in [1.165, 1.54) is 16.7 Å². The molecule has 37 heavy (non-hydrogen) atoms. The topological polar surface area (TPSA) is 81.5 Å². The van der Waals surface area contributed by atoms with Gasteiger partial charge in [0.25, 0.3) is 0 Å². The average Bonchev–Trinajstić information content (AvgIpc) is 3.64. The molecule has 7 nitrogen and oxygen atoms in total. The molecular formula is C29H33N5O2S. The van der Waals surface area contributed by atoms with E-state index < -0.39 is 0 Å². The Morgan fingerprint density at radius 2 is 2.11 bits per heavy atom. The number of likely N-dealkylation sites (N-methyl/N-ethyl adjacent to an activating group) is 1. The van der Waals surface area contributed by atoms with Gasteiger partial charge in [-0.25, -0.2) is 9.78 Å². The minimum atomic E-state index is 0.00325. The van der Waals surface area contributed by atoms with Gasteiger partial charge in [-0.05, 0) is 82.1 Å². The van der Waals surface area contributed by atoms with Crippen molar-refractivity contribution in [3.05, 3.63) is 59.3 Å². The van der Waals surface area contributed by atoms with E-state index >= 15 is 0 Å². The molecule has 1 aliphatic heterocycles. The second-order valence-electron chi connectivity index (χ2n) is 10.3. The molecule has 2 heterocycles. The SMILES string of the molecule is CC(C)Oc1ccc(-c2ncc(-c3cccc4c3CCC4NC(=O)N3CCC(N(C)C)C3)s2)cc1C#N. The van der Waals surface area contributed by atoms with Crippen LogP contribution in [0.25, 0.3) is 21.0 Å². The Hall–Kier alpha value is -3.41. The summed E-state index contributed by atoms with van der Waals surface area (Å²) in [6.07, 6.45) is 4.76. The van der Waals surface area contributed by atoms with Gasteiger partial charge >= 0.3 is 6.03 Å². The first-order valence-electron chi connectivity index (χ1n) is 12.8. The molecule has 3 aromatic rings. The monoisotopic (exact) mass is 515 g/mol. The number of likely N-dealkylation sites (tertiary alicyclic amines) is 1. The van der Waals surface area contributed by atoms with Gasteiger partial charge in [0.15, 0.2) is 0 Å². The molecule has 1 fully saturated rings. The first kappa shape index (κ1) is 25.2. The number of nitriles is 1. The van der Waals surface area contributed by atoms with Crippen molar-refractivity contribution < 1.29 is 9.53 Å². The number of amides is 2. The number of benzene rings is 2. The summed E-state index contributed by atoms with van der Waals surface area (Å²) in [6, 6.07) is 14.7. The summed E-state index contributed by atoms with van der Waals surface area (Å²) in [5.74, 6) is 0.596. The van der Waals surface area contributed by atoms with Gasteiger partial charge in [0.1, 0.15) is 16.8 Å². The summed E-state index contributed by atoms with van der Waals surface area (Å²) < 4.78 is 5.76. The van der Waals surface area contributed by atoms with Crippen LogP contribution in [0.4, 0.5) is 4.79 Å². The zero-order valence-corrected chi connectivity index (χ0v) is 22.6. The molecule has 0 saturated carbocycles. The molecule has 0 bridgehead atoms. The Morgan fingerprint density at radius 1 is 1.27 bits per heavy atom. The molecule has 1 aliphatic carbocycles. The Balaban J connectivity index is 1.34. The Labute approximate surface area is 222 Å². The van der Waals surface area contributed by atoms with E-state index in [1.807, 2.05) is 43.1 Å². The van der Waals surface area contributed by atoms with Gasteiger partial charge in [-0.3, -0.25) is 0 Å². The highest BCUT2D eigenvalue weighted by Gasteiger charge is 2.31. The van der Waals surface area contributed by atoms with Gasteiger partial charge in [-0.2, -0.15) is 5.26 Å². The number of fused-ring (bicyclic) bond motifs is 1. The van der Waals surface area contributed by atoms with Crippen LogP contribution in [-0.2, 0) is 6.42 Å². The molecule has 5 rings (SSSR count). The van der Waals surface area contributed by atoms with Crippen molar-refractivity contribution in [3.63, 3.8) is 0 Å². The van der Waals surface area contributed by atoms with Gasteiger partial charge in [0.2, 0.25) is 0 Å². The Kier molecular flexibility index (Phi) is 7.18. The zero-order valence-electron chi connectivity index (χ0n) is 21.8. The lowest BCUT2D eigenvalue weighted by molar-refractivity contribution is 0.199. The highest BCUT2D eigenvalue weighted by molar-refractivity contribution is 7.18. The molecule has 1 aromatic heterocycles. The number of hydrogen-bond acceptors (Lipinski definition) is 6. The van der Waals surface area contributed by atoms with Crippen molar-refractivity contribution in [3.8, 4) is 32.8 Å². The van der Waals surface area contributed by atoms with Crippen LogP contribution >= 0.6 is 11.3 Å². The summed E-state index contributed by atoms with van der Waals surface area (Å²) in [5, 5.41) is 13.8. The number of nitrogens with one attached hydrogen (secondary N) is 1. The van der Waals surface area contributed by atoms with E-state index in [0.717, 1.165) is 47.8 Å². The van der Waals surface area contributed by atoms with E-state index in [4.69, 9.17) is 4.74 Å². The number of carbonyl (C=O) groups is 1. The quantitative estimate of drug-likeness (QED) is 0.471. The minimum Gasteiger partial charge on any atom is -0.490 e. The maximum absolute atomic E-state index is 13.0. The molecule has 8 heteroatoms. The third-order valence-corrected chi connectivity index (χ3v) is 8.31. The van der Waals surface area contributed by atoms with Crippen molar-refractivity contribution in [1.82, 2.24) is 20.1 Å². The summed E-state index contributed by atoms with van der Waals surface area (Å²) in [5.41, 5.74) is 5.08. The van der Waals surface area contributed by atoms with Crippen molar-refractivity contribution >= 4 is 17.4 Å². The van der Waals surface area contributed by atoms with Crippen LogP contribution in [0.1, 0.15) is 49.4 Å². The zero-order chi connectivity index (χ0) is 26.1. The number of urea groups is 1. The number of nitrogens with zero attached hydrogens (tertiary/aromatic N) is 4. The smallest absolute Gasteiger partial charge is 0.317 e. The molecule has 1 N–H and O–H groups in total. The van der Waals surface area contributed by atoms with E-state index in [1.54, 1.807) is 11.3 Å². The molecule has 2 atom stereocenters. The summed E-state index contributed by atoms with van der Waals surface area (Å²) >= 11 is 1.62. The lowest BCUT2D eigenvalue weighted by Crippen LogP contribution is -2.41. The maximum atomic E-state index is 13.0. The van der Waals surface area contributed by atoms with E-state index in [9.17, 15) is 10.1 Å². The highest BCUT2D eigenvalue weighted by Crippen LogP contribution is 2.41. The van der Waals surface area contributed by atoms with Gasteiger partial charge in [0.05, 0.1) is 22.6 Å². The number of ether oxygens (including phenoxy) is 1. The van der Waals surface area contributed by atoms with Gasteiger partial charge < -0.3 is 19.9 Å². The third kappa shape index (κ3) is 5.20. The minimum absolute atomic E-state index is 0.00325. The lowest BCUT2D eigenvalue weighted by atomic mass is 10.0. The summed E-state index contributed by atoms with van der Waals surface area (Å²) in [4.78, 5) is 22.9. The maximum Gasteiger partial charge on any atom is 0.317 e. The fourth-order valence-electron chi connectivity index (χ4n) is 5.26. The van der Waals surface area contributed by atoms with Gasteiger partial charge in [-0.15, -0.1) is 11.3 Å². The van der Waals surface area contributed by atoms with Gasteiger partial charge in [0, 0.05) is 30.9 Å². The van der Waals surface area contributed by atoms with Crippen molar-refractivity contribution in [2.24, 2.45) is 0 Å². The van der Waals surface area contributed by atoms with E-state index in [2.05, 4.69) is 53.6 Å². The van der Waals surface area contributed by atoms with Crippen LogP contribution in [0, 0.1) is 11.3 Å². The van der Waals surface area contributed by atoms with Crippen molar-refractivity contribution in [1.29, 1.82) is 5.26 Å². The summed E-state index contributed by atoms with van der Waals surface area (Å²) in [6.45, 7) is 5.48. The number of thiazole rings is 1. The van der Waals surface area contributed by atoms with Crippen LogP contribution in [-0.4, -0.2) is 60.1 Å². The first-order valence-corrected chi connectivity index (χ1v) is 13.7. The molecule has 0 spiro atoms. The normalized spacial score (nSPS) is 18.8. The first-order chi connectivity index (χ1) is 17.8. The predicted molar refractivity (Wildman–Crippen MR) is 147 cm³/mol. The summed E-state index contributed by atoms with van der Waals surface area (Å²) in [7, 11) is 4.15. The van der Waals surface area contributed by atoms with Crippen molar-refractivity contribution in [2.45, 2.75) is 51.3 Å². The Bertz CT molecular complexity index is 1340. The molecule has 2 aliphatic rings. The van der Waals surface area contributed by atoms with Crippen LogP contribution in [0.3, 0.4) is 0 Å². The molecule has 2 aromatic carbocycles. The molecule has 192 valence electrons. The van der Waals surface area contributed by atoms with E-state index in [-0.39, 0.29) is 18.2 Å². The average molecular weight is 516 g/mol. The fraction of sp³-hybridized carbons (Fsp3) is 0.414. The van der Waals surface area contributed by atoms with Crippen LogP contribution in [0.5, 0.6) is 5.75 Å². The second-order valence-corrected chi connectivity index (χ2v) is 11.3. The third-order valence-electron chi connectivity index (χ3n) is 7.23. The standard InChI is InChI=1S/C29H33N5O2S/c1-18(2)36-26-11-8-19(14-20(26)15-30)28-31-16-27(37-28)24-7-5-6-23-22(24)9-10-25(23)32-29(35)34-13-12-21(17-34)33(3)4/h5-8,11,14,16,18,21,25H,9-10,12-13,17H2,1-4H3,(H,32,35). The highest BCUT2D eigenvalue weighted by atomic mass is 32.1. The van der Waals surface area contributed by atoms with Crippen LogP contribution < -0.4 is 10.1 Å². The molecular weight excluding hydrogens is 482 g/mol. The number of aromatic nitrogens is 1. The number of carbonyl (C=O) groups excluding carboxylic acids is 1. The molecule has 0 radical (unpaired) electrons. The molecule has 1 saturated heterocycles. The number of hydrogen-bond donors (Lipinski definition) is 1. The number of rotatable bonds is 6. The fourth-order valence-corrected chi connectivity index (χ4v) is 6.23. The van der Waals surface area contributed by atoms with Gasteiger partial charge in [-0.1, -0.05) is 18.2 Å². The van der Waals surface area contributed by atoms with E-state index in [0.29, 0.717) is 17.4 Å². The predicted octanol–water partition coefficient (Wildman–Crippen LogP) is 5.47. The molecule has 2 unspecified atom stereocenters. The van der Waals surface area contributed by atoms with Crippen LogP contribution in [0.15, 0.2) is 42.6 Å². The second kappa shape index (κ2) is 10.5. The Morgan fingerprint density at radius 3 is 2.84 bits per heavy atom. The van der Waals surface area contributed by atoms with Crippen LogP contribution in [0.2, 0.25) is 0 Å². The lowest BCUT2D eigenvalue weighted by Gasteiger charge is -2.23.